The van der Waals surface area contributed by atoms with Crippen LogP contribution in [0.15, 0.2) is 16.6 Å². The molecule has 1 amide bonds. The zero-order valence-corrected chi connectivity index (χ0v) is 13.5. The van der Waals surface area contributed by atoms with Gasteiger partial charge in [-0.15, -0.1) is 0 Å². The standard InChI is InChI=1S/C15H22BrN3O/c1-11-12(16)6-7-13(18-11)19-14(20)15(10-17)8-4-2-3-5-9-15/h6-7H,2-5,8-10,17H2,1H3,(H,18,19,20). The summed E-state index contributed by atoms with van der Waals surface area (Å²) in [6.45, 7) is 2.32. The first kappa shape index (κ1) is 15.4. The molecule has 1 aromatic rings. The molecule has 1 aromatic heterocycles. The van der Waals surface area contributed by atoms with Crippen molar-refractivity contribution in [3.63, 3.8) is 0 Å². The largest absolute Gasteiger partial charge is 0.329 e. The molecular formula is C15H22BrN3O. The topological polar surface area (TPSA) is 68.0 Å². The fourth-order valence-electron chi connectivity index (χ4n) is 2.79. The van der Waals surface area contributed by atoms with E-state index in [-0.39, 0.29) is 5.91 Å². The SMILES string of the molecule is Cc1nc(NC(=O)C2(CN)CCCCCC2)ccc1Br. The first-order valence-corrected chi connectivity index (χ1v) is 8.01. The van der Waals surface area contributed by atoms with Crippen LogP contribution in [0.25, 0.3) is 0 Å². The Morgan fingerprint density at radius 2 is 2.00 bits per heavy atom. The van der Waals surface area contributed by atoms with Crippen LogP contribution in [0.4, 0.5) is 5.82 Å². The van der Waals surface area contributed by atoms with Gasteiger partial charge in [-0.2, -0.15) is 0 Å². The lowest BCUT2D eigenvalue weighted by atomic mass is 9.79. The molecular weight excluding hydrogens is 318 g/mol. The molecule has 0 unspecified atom stereocenters. The van der Waals surface area contributed by atoms with Crippen molar-refractivity contribution in [2.24, 2.45) is 11.1 Å². The monoisotopic (exact) mass is 339 g/mol. The van der Waals surface area contributed by atoms with Crippen molar-refractivity contribution in [3.05, 3.63) is 22.3 Å². The van der Waals surface area contributed by atoms with Gasteiger partial charge in [-0.25, -0.2) is 4.98 Å². The zero-order chi connectivity index (χ0) is 14.6. The highest BCUT2D eigenvalue weighted by Crippen LogP contribution is 2.35. The molecule has 3 N–H and O–H groups in total. The molecule has 0 aliphatic heterocycles. The number of amides is 1. The van der Waals surface area contributed by atoms with Crippen LogP contribution in [-0.2, 0) is 4.79 Å². The van der Waals surface area contributed by atoms with Crippen molar-refractivity contribution in [2.75, 3.05) is 11.9 Å². The number of nitrogens with two attached hydrogens (primary N) is 1. The van der Waals surface area contributed by atoms with E-state index in [1.165, 1.54) is 12.8 Å². The minimum absolute atomic E-state index is 0.0242. The molecule has 1 fully saturated rings. The highest BCUT2D eigenvalue weighted by molar-refractivity contribution is 9.10. The predicted octanol–water partition coefficient (Wildman–Crippen LogP) is 3.39. The number of anilines is 1. The maximum absolute atomic E-state index is 12.6. The van der Waals surface area contributed by atoms with Gasteiger partial charge >= 0.3 is 0 Å². The molecule has 0 spiro atoms. The van der Waals surface area contributed by atoms with Crippen molar-refractivity contribution < 1.29 is 4.79 Å². The average molecular weight is 340 g/mol. The van der Waals surface area contributed by atoms with E-state index in [1.54, 1.807) is 0 Å². The first-order chi connectivity index (χ1) is 9.57. The fraction of sp³-hybridized carbons (Fsp3) is 0.600. The molecule has 110 valence electrons. The maximum atomic E-state index is 12.6. The second-order valence-corrected chi connectivity index (χ2v) is 6.47. The Kier molecular flexibility index (Phi) is 5.16. The molecule has 5 heteroatoms. The molecule has 0 saturated heterocycles. The van der Waals surface area contributed by atoms with Gasteiger partial charge < -0.3 is 11.1 Å². The third kappa shape index (κ3) is 3.38. The third-order valence-corrected chi connectivity index (χ3v) is 5.03. The Bertz CT molecular complexity index is 482. The molecule has 0 atom stereocenters. The number of aromatic nitrogens is 1. The van der Waals surface area contributed by atoms with E-state index in [9.17, 15) is 4.79 Å². The Morgan fingerprint density at radius 1 is 1.35 bits per heavy atom. The van der Waals surface area contributed by atoms with Crippen LogP contribution in [0.1, 0.15) is 44.2 Å². The second kappa shape index (κ2) is 6.68. The summed E-state index contributed by atoms with van der Waals surface area (Å²) in [5.74, 6) is 0.629. The number of aryl methyl sites for hydroxylation is 1. The molecule has 1 aliphatic rings. The lowest BCUT2D eigenvalue weighted by Gasteiger charge is -2.29. The highest BCUT2D eigenvalue weighted by atomic mass is 79.9. The number of carbonyl (C=O) groups excluding carboxylic acids is 1. The highest BCUT2D eigenvalue weighted by Gasteiger charge is 2.37. The summed E-state index contributed by atoms with van der Waals surface area (Å²) in [5, 5.41) is 2.95. The molecule has 0 aromatic carbocycles. The number of nitrogens with one attached hydrogen (secondary N) is 1. The molecule has 0 bridgehead atoms. The number of rotatable bonds is 3. The van der Waals surface area contributed by atoms with Gasteiger partial charge in [-0.1, -0.05) is 25.7 Å². The summed E-state index contributed by atoms with van der Waals surface area (Å²) < 4.78 is 0.943. The van der Waals surface area contributed by atoms with Gasteiger partial charge in [0.1, 0.15) is 5.82 Å². The summed E-state index contributed by atoms with van der Waals surface area (Å²) in [5.41, 5.74) is 6.38. The van der Waals surface area contributed by atoms with Crippen molar-refractivity contribution in [1.29, 1.82) is 0 Å². The number of nitrogens with zero attached hydrogens (tertiary/aromatic N) is 1. The summed E-state index contributed by atoms with van der Waals surface area (Å²) in [6, 6.07) is 3.72. The number of hydrogen-bond acceptors (Lipinski definition) is 3. The van der Waals surface area contributed by atoms with Crippen LogP contribution < -0.4 is 11.1 Å². The van der Waals surface area contributed by atoms with Gasteiger partial charge in [0.25, 0.3) is 0 Å². The van der Waals surface area contributed by atoms with Gasteiger partial charge in [0.2, 0.25) is 5.91 Å². The summed E-state index contributed by atoms with van der Waals surface area (Å²) >= 11 is 3.41. The van der Waals surface area contributed by atoms with Crippen molar-refractivity contribution in [1.82, 2.24) is 4.98 Å². The van der Waals surface area contributed by atoms with Gasteiger partial charge in [0.15, 0.2) is 0 Å². The van der Waals surface area contributed by atoms with E-state index in [4.69, 9.17) is 5.73 Å². The van der Waals surface area contributed by atoms with Crippen LogP contribution in [0.2, 0.25) is 0 Å². The van der Waals surface area contributed by atoms with E-state index in [1.807, 2.05) is 19.1 Å². The molecule has 2 rings (SSSR count). The summed E-state index contributed by atoms with van der Waals surface area (Å²) in [7, 11) is 0. The minimum Gasteiger partial charge on any atom is -0.329 e. The molecule has 0 radical (unpaired) electrons. The predicted molar refractivity (Wildman–Crippen MR) is 84.5 cm³/mol. The zero-order valence-electron chi connectivity index (χ0n) is 11.9. The maximum Gasteiger partial charge on any atom is 0.233 e. The van der Waals surface area contributed by atoms with Crippen LogP contribution in [-0.4, -0.2) is 17.4 Å². The Balaban J connectivity index is 2.14. The fourth-order valence-corrected chi connectivity index (χ4v) is 3.01. The van der Waals surface area contributed by atoms with Gasteiger partial charge in [-0.3, -0.25) is 4.79 Å². The van der Waals surface area contributed by atoms with E-state index in [0.717, 1.165) is 35.8 Å². The summed E-state index contributed by atoms with van der Waals surface area (Å²) in [4.78, 5) is 17.0. The number of halogens is 1. The van der Waals surface area contributed by atoms with Crippen molar-refractivity contribution in [2.45, 2.75) is 45.4 Å². The van der Waals surface area contributed by atoms with E-state index >= 15 is 0 Å². The quantitative estimate of drug-likeness (QED) is 0.829. The lowest BCUT2D eigenvalue weighted by Crippen LogP contribution is -2.42. The normalized spacial score (nSPS) is 18.4. The Hall–Kier alpha value is -0.940. The Morgan fingerprint density at radius 3 is 2.55 bits per heavy atom. The van der Waals surface area contributed by atoms with Crippen LogP contribution in [0.3, 0.4) is 0 Å². The van der Waals surface area contributed by atoms with Gasteiger partial charge in [0, 0.05) is 11.0 Å². The minimum atomic E-state index is -0.418. The van der Waals surface area contributed by atoms with Crippen LogP contribution in [0, 0.1) is 12.3 Å². The van der Waals surface area contributed by atoms with Crippen LogP contribution >= 0.6 is 15.9 Å². The van der Waals surface area contributed by atoms with E-state index in [2.05, 4.69) is 26.2 Å². The first-order valence-electron chi connectivity index (χ1n) is 7.22. The number of carbonyl (C=O) groups is 1. The number of pyridine rings is 1. The van der Waals surface area contributed by atoms with E-state index in [0.29, 0.717) is 12.4 Å². The van der Waals surface area contributed by atoms with Crippen molar-refractivity contribution >= 4 is 27.7 Å². The average Bonchev–Trinajstić information content (AvgIpc) is 2.69. The molecule has 1 aliphatic carbocycles. The number of hydrogen-bond donors (Lipinski definition) is 2. The smallest absolute Gasteiger partial charge is 0.233 e. The third-order valence-electron chi connectivity index (χ3n) is 4.20. The Labute approximate surface area is 128 Å². The molecule has 1 heterocycles. The second-order valence-electron chi connectivity index (χ2n) is 5.62. The van der Waals surface area contributed by atoms with Crippen LogP contribution in [0.5, 0.6) is 0 Å². The van der Waals surface area contributed by atoms with Gasteiger partial charge in [-0.05, 0) is 47.8 Å². The molecule has 20 heavy (non-hydrogen) atoms. The molecule has 1 saturated carbocycles. The van der Waals surface area contributed by atoms with Gasteiger partial charge in [0.05, 0.1) is 11.1 Å². The van der Waals surface area contributed by atoms with Crippen molar-refractivity contribution in [3.8, 4) is 0 Å². The summed E-state index contributed by atoms with van der Waals surface area (Å²) in [6.07, 6.45) is 6.32. The lowest BCUT2D eigenvalue weighted by molar-refractivity contribution is -0.125. The van der Waals surface area contributed by atoms with E-state index < -0.39 is 5.41 Å². The molecule has 4 nitrogen and oxygen atoms in total.